The zero-order valence-electron chi connectivity index (χ0n) is 14.2. The minimum absolute atomic E-state index is 0.248. The lowest BCUT2D eigenvalue weighted by atomic mass is 9.80. The van der Waals surface area contributed by atoms with Crippen LogP contribution in [0.4, 0.5) is 0 Å². The molecule has 3 heterocycles. The Morgan fingerprint density at radius 2 is 1.84 bits per heavy atom. The number of hydrazone groups is 1. The van der Waals surface area contributed by atoms with Crippen molar-refractivity contribution >= 4 is 24.7 Å². The van der Waals surface area contributed by atoms with Crippen LogP contribution in [-0.2, 0) is 0 Å². The third kappa shape index (κ3) is 3.34. The van der Waals surface area contributed by atoms with Gasteiger partial charge < -0.3 is 0 Å². The Hall–Kier alpha value is -2.50. The number of allylic oxidation sites excluding steroid dienone is 1. The van der Waals surface area contributed by atoms with Gasteiger partial charge in [-0.1, -0.05) is 30.8 Å². The van der Waals surface area contributed by atoms with Crippen LogP contribution in [0.25, 0.3) is 5.70 Å². The molecule has 2 aliphatic rings. The van der Waals surface area contributed by atoms with Crippen LogP contribution in [0, 0.1) is 5.92 Å². The molecule has 124 valence electrons. The zero-order chi connectivity index (χ0) is 17.1. The molecule has 5 nitrogen and oxygen atoms in total. The SMILES string of the molecule is [B]c1ccc(C2=C3CCCCCCC3C(c3ncccn3)=NN2)nc1. The molecule has 0 amide bonds. The quantitative estimate of drug-likeness (QED) is 0.859. The standard InChI is InChI=1S/C19H20BN5/c20-13-8-9-16(23-12-13)17-14-6-3-1-2-4-7-15(14)18(25-24-17)19-21-10-5-11-22-19/h5,8-12,15,24H,1-4,6-7H2. The molecule has 1 atom stereocenters. The Morgan fingerprint density at radius 3 is 2.64 bits per heavy atom. The lowest BCUT2D eigenvalue weighted by Gasteiger charge is -2.30. The van der Waals surface area contributed by atoms with Crippen LogP contribution in [0.5, 0.6) is 0 Å². The van der Waals surface area contributed by atoms with Crippen molar-refractivity contribution in [2.24, 2.45) is 11.0 Å². The molecule has 2 aromatic heterocycles. The summed E-state index contributed by atoms with van der Waals surface area (Å²) in [7, 11) is 5.79. The lowest BCUT2D eigenvalue weighted by molar-refractivity contribution is 0.520. The second-order valence-corrected chi connectivity index (χ2v) is 6.56. The van der Waals surface area contributed by atoms with Gasteiger partial charge in [0.15, 0.2) is 5.82 Å². The Balaban J connectivity index is 1.76. The highest BCUT2D eigenvalue weighted by atomic mass is 15.3. The third-order valence-electron chi connectivity index (χ3n) is 4.89. The maximum Gasteiger partial charge on any atom is 0.176 e. The molecule has 0 spiro atoms. The molecular formula is C19H20BN5. The van der Waals surface area contributed by atoms with Gasteiger partial charge in [-0.3, -0.25) is 10.4 Å². The Kier molecular flexibility index (Phi) is 4.59. The molecule has 2 radical (unpaired) electrons. The predicted octanol–water partition coefficient (Wildman–Crippen LogP) is 2.35. The van der Waals surface area contributed by atoms with Crippen molar-refractivity contribution in [2.45, 2.75) is 38.5 Å². The topological polar surface area (TPSA) is 63.1 Å². The molecule has 0 aromatic carbocycles. The second kappa shape index (κ2) is 7.17. The summed E-state index contributed by atoms with van der Waals surface area (Å²) in [5.74, 6) is 0.959. The molecule has 1 saturated carbocycles. The average Bonchev–Trinajstić information content (AvgIpc) is 2.63. The second-order valence-electron chi connectivity index (χ2n) is 6.56. The van der Waals surface area contributed by atoms with Gasteiger partial charge in [0.05, 0.1) is 11.4 Å². The molecule has 1 N–H and O–H groups in total. The molecule has 1 aliphatic carbocycles. The van der Waals surface area contributed by atoms with Crippen LogP contribution in [0.1, 0.15) is 50.0 Å². The molecule has 4 rings (SSSR count). The van der Waals surface area contributed by atoms with Gasteiger partial charge in [0.25, 0.3) is 0 Å². The van der Waals surface area contributed by atoms with Crippen LogP contribution in [-0.4, -0.2) is 28.5 Å². The van der Waals surface area contributed by atoms with Crippen molar-refractivity contribution in [2.75, 3.05) is 0 Å². The van der Waals surface area contributed by atoms with E-state index in [1.807, 2.05) is 18.2 Å². The lowest BCUT2D eigenvalue weighted by Crippen LogP contribution is -2.31. The van der Waals surface area contributed by atoms with Gasteiger partial charge >= 0.3 is 0 Å². The number of aromatic nitrogens is 3. The van der Waals surface area contributed by atoms with Crippen LogP contribution in [0.3, 0.4) is 0 Å². The molecule has 25 heavy (non-hydrogen) atoms. The number of rotatable bonds is 2. The first kappa shape index (κ1) is 16.0. The van der Waals surface area contributed by atoms with Gasteiger partial charge in [-0.2, -0.15) is 5.10 Å². The van der Waals surface area contributed by atoms with Gasteiger partial charge in [0, 0.05) is 24.5 Å². The largest absolute Gasteiger partial charge is 0.276 e. The van der Waals surface area contributed by atoms with E-state index in [2.05, 4.69) is 25.5 Å². The van der Waals surface area contributed by atoms with E-state index in [0.29, 0.717) is 11.3 Å². The van der Waals surface area contributed by atoms with Crippen molar-refractivity contribution in [3.8, 4) is 0 Å². The fourth-order valence-corrected chi connectivity index (χ4v) is 3.64. The summed E-state index contributed by atoms with van der Waals surface area (Å²) in [5.41, 5.74) is 8.13. The van der Waals surface area contributed by atoms with E-state index in [0.717, 1.165) is 29.9 Å². The highest BCUT2D eigenvalue weighted by Gasteiger charge is 2.31. The molecule has 0 bridgehead atoms. The van der Waals surface area contributed by atoms with Gasteiger partial charge in [-0.05, 0) is 37.0 Å². The van der Waals surface area contributed by atoms with Crippen molar-refractivity contribution < 1.29 is 0 Å². The number of pyridine rings is 1. The number of hydrogen-bond donors (Lipinski definition) is 1. The normalized spacial score (nSPS) is 20.8. The first-order chi connectivity index (χ1) is 12.3. The summed E-state index contributed by atoms with van der Waals surface area (Å²) in [6, 6.07) is 5.67. The maximum absolute atomic E-state index is 5.79. The molecule has 1 fully saturated rings. The summed E-state index contributed by atoms with van der Waals surface area (Å²) in [5, 5.41) is 4.65. The highest BCUT2D eigenvalue weighted by molar-refractivity contribution is 6.32. The third-order valence-corrected chi connectivity index (χ3v) is 4.89. The van der Waals surface area contributed by atoms with E-state index >= 15 is 0 Å². The molecule has 6 heteroatoms. The Bertz CT molecular complexity index is 798. The monoisotopic (exact) mass is 329 g/mol. The molecular weight excluding hydrogens is 309 g/mol. The van der Waals surface area contributed by atoms with Gasteiger partial charge in [0.2, 0.25) is 0 Å². The van der Waals surface area contributed by atoms with E-state index in [1.165, 1.54) is 31.3 Å². The van der Waals surface area contributed by atoms with Gasteiger partial charge in [-0.25, -0.2) is 9.97 Å². The molecule has 1 aliphatic heterocycles. The highest BCUT2D eigenvalue weighted by Crippen LogP contribution is 2.36. The minimum atomic E-state index is 0.248. The summed E-state index contributed by atoms with van der Waals surface area (Å²) < 4.78 is 0. The summed E-state index contributed by atoms with van der Waals surface area (Å²) in [6.45, 7) is 0. The Morgan fingerprint density at radius 1 is 1.00 bits per heavy atom. The van der Waals surface area contributed by atoms with Crippen molar-refractivity contribution in [3.63, 3.8) is 0 Å². The fraction of sp³-hybridized carbons (Fsp3) is 0.368. The number of nitrogens with zero attached hydrogens (tertiary/aromatic N) is 4. The first-order valence-electron chi connectivity index (χ1n) is 8.89. The van der Waals surface area contributed by atoms with E-state index in [-0.39, 0.29) is 5.92 Å². The molecule has 2 aromatic rings. The van der Waals surface area contributed by atoms with Crippen molar-refractivity contribution in [3.05, 3.63) is 53.9 Å². The fourth-order valence-electron chi connectivity index (χ4n) is 3.64. The summed E-state index contributed by atoms with van der Waals surface area (Å²) in [6.07, 6.45) is 12.3. The first-order valence-corrected chi connectivity index (χ1v) is 8.89. The van der Waals surface area contributed by atoms with Crippen LogP contribution in [0.2, 0.25) is 0 Å². The minimum Gasteiger partial charge on any atom is -0.276 e. The van der Waals surface area contributed by atoms with E-state index in [4.69, 9.17) is 7.85 Å². The molecule has 0 saturated heterocycles. The van der Waals surface area contributed by atoms with Crippen LogP contribution < -0.4 is 10.9 Å². The van der Waals surface area contributed by atoms with Gasteiger partial charge in [0.1, 0.15) is 13.6 Å². The number of nitrogens with one attached hydrogen (secondary N) is 1. The van der Waals surface area contributed by atoms with Crippen LogP contribution >= 0.6 is 0 Å². The summed E-state index contributed by atoms with van der Waals surface area (Å²) in [4.78, 5) is 13.3. The van der Waals surface area contributed by atoms with Crippen molar-refractivity contribution in [1.82, 2.24) is 20.4 Å². The van der Waals surface area contributed by atoms with Crippen molar-refractivity contribution in [1.29, 1.82) is 0 Å². The number of hydrogen-bond acceptors (Lipinski definition) is 5. The smallest absolute Gasteiger partial charge is 0.176 e. The van der Waals surface area contributed by atoms with E-state index in [1.54, 1.807) is 18.6 Å². The van der Waals surface area contributed by atoms with E-state index < -0.39 is 0 Å². The van der Waals surface area contributed by atoms with Gasteiger partial charge in [-0.15, -0.1) is 0 Å². The van der Waals surface area contributed by atoms with E-state index in [9.17, 15) is 0 Å². The predicted molar refractivity (Wildman–Crippen MR) is 99.4 cm³/mol. The Labute approximate surface area is 149 Å². The summed E-state index contributed by atoms with van der Waals surface area (Å²) >= 11 is 0. The maximum atomic E-state index is 5.79. The molecule has 1 unspecified atom stereocenters. The zero-order valence-corrected chi connectivity index (χ0v) is 14.2. The average molecular weight is 329 g/mol. The number of fused-ring (bicyclic) bond motifs is 1. The van der Waals surface area contributed by atoms with Crippen LogP contribution in [0.15, 0.2) is 47.5 Å².